The summed E-state index contributed by atoms with van der Waals surface area (Å²) in [7, 11) is 0. The Kier molecular flexibility index (Phi) is 6.25. The number of nitrogens with zero attached hydrogens (tertiary/aromatic N) is 2. The second kappa shape index (κ2) is 9.08. The molecule has 0 bridgehead atoms. The minimum absolute atomic E-state index is 0.110. The number of aryl methyl sites for hydroxylation is 1. The van der Waals surface area contributed by atoms with Crippen LogP contribution in [-0.2, 0) is 11.3 Å². The lowest BCUT2D eigenvalue weighted by molar-refractivity contribution is -0.135. The van der Waals surface area contributed by atoms with Gasteiger partial charge in [-0.3, -0.25) is 9.69 Å². The standard InChI is InChI=1S/C23H22ClFN2O4/c1-15-11-23(29)31-21-12-16(5-6-17(15)21)30-14-22(28)27-9-7-26(8-10-27)13-18-19(24)3-2-4-20(18)25/h2-6,11-12H,7-10,13-14H2,1H3. The first-order valence-corrected chi connectivity index (χ1v) is 10.4. The summed E-state index contributed by atoms with van der Waals surface area (Å²) in [6.45, 7) is 4.43. The van der Waals surface area contributed by atoms with Crippen LogP contribution in [0, 0.1) is 12.7 Å². The minimum atomic E-state index is -0.423. The Morgan fingerprint density at radius 3 is 2.68 bits per heavy atom. The number of fused-ring (bicyclic) bond motifs is 1. The van der Waals surface area contributed by atoms with Crippen molar-refractivity contribution in [3.63, 3.8) is 0 Å². The molecule has 0 unspecified atom stereocenters. The van der Waals surface area contributed by atoms with Crippen molar-refractivity contribution in [3.8, 4) is 5.75 Å². The van der Waals surface area contributed by atoms with Gasteiger partial charge in [0.1, 0.15) is 17.1 Å². The Morgan fingerprint density at radius 2 is 1.94 bits per heavy atom. The molecule has 2 aromatic carbocycles. The van der Waals surface area contributed by atoms with E-state index in [0.717, 1.165) is 10.9 Å². The maximum absolute atomic E-state index is 14.0. The molecule has 2 heterocycles. The van der Waals surface area contributed by atoms with Crippen LogP contribution >= 0.6 is 11.6 Å². The Hall–Kier alpha value is -2.90. The number of ether oxygens (including phenoxy) is 1. The number of halogens is 2. The fraction of sp³-hybridized carbons (Fsp3) is 0.304. The number of carbonyl (C=O) groups excluding carboxylic acids is 1. The predicted octanol–water partition coefficient (Wildman–Crippen LogP) is 3.62. The maximum atomic E-state index is 14.0. The topological polar surface area (TPSA) is 63.0 Å². The highest BCUT2D eigenvalue weighted by Crippen LogP contribution is 2.23. The number of rotatable bonds is 5. The normalized spacial score (nSPS) is 14.7. The third-order valence-electron chi connectivity index (χ3n) is 5.45. The van der Waals surface area contributed by atoms with Gasteiger partial charge in [0.25, 0.3) is 5.91 Å². The molecule has 0 radical (unpaired) electrons. The summed E-state index contributed by atoms with van der Waals surface area (Å²) in [5.41, 5.74) is 1.30. The van der Waals surface area contributed by atoms with Gasteiger partial charge < -0.3 is 14.1 Å². The quantitative estimate of drug-likeness (QED) is 0.562. The Morgan fingerprint density at radius 1 is 1.16 bits per heavy atom. The largest absolute Gasteiger partial charge is 0.484 e. The van der Waals surface area contributed by atoms with Gasteiger partial charge >= 0.3 is 5.63 Å². The van der Waals surface area contributed by atoms with Crippen molar-refractivity contribution in [2.45, 2.75) is 13.5 Å². The molecule has 3 aromatic rings. The highest BCUT2D eigenvalue weighted by Gasteiger charge is 2.23. The van der Waals surface area contributed by atoms with Crippen LogP contribution in [0.1, 0.15) is 11.1 Å². The lowest BCUT2D eigenvalue weighted by atomic mass is 10.1. The summed E-state index contributed by atoms with van der Waals surface area (Å²) in [5.74, 6) is 0.0117. The van der Waals surface area contributed by atoms with Gasteiger partial charge in [0, 0.05) is 60.8 Å². The highest BCUT2D eigenvalue weighted by molar-refractivity contribution is 6.31. The third kappa shape index (κ3) is 4.89. The van der Waals surface area contributed by atoms with Crippen molar-refractivity contribution in [3.05, 3.63) is 74.9 Å². The van der Waals surface area contributed by atoms with E-state index < -0.39 is 5.63 Å². The van der Waals surface area contributed by atoms with Gasteiger partial charge in [-0.05, 0) is 36.8 Å². The molecule has 1 aliphatic rings. The molecule has 1 amide bonds. The molecule has 1 aliphatic heterocycles. The summed E-state index contributed by atoms with van der Waals surface area (Å²) in [4.78, 5) is 27.9. The smallest absolute Gasteiger partial charge is 0.336 e. The predicted molar refractivity (Wildman–Crippen MR) is 116 cm³/mol. The van der Waals surface area contributed by atoms with E-state index in [0.29, 0.717) is 54.6 Å². The molecule has 0 saturated carbocycles. The van der Waals surface area contributed by atoms with Crippen LogP contribution in [0.25, 0.3) is 11.0 Å². The number of hydrogen-bond donors (Lipinski definition) is 0. The zero-order valence-corrected chi connectivity index (χ0v) is 17.8. The van der Waals surface area contributed by atoms with Gasteiger partial charge in [-0.2, -0.15) is 0 Å². The van der Waals surface area contributed by atoms with Gasteiger partial charge in [-0.1, -0.05) is 17.7 Å². The second-order valence-electron chi connectivity index (χ2n) is 7.55. The Bertz CT molecular complexity index is 1150. The van der Waals surface area contributed by atoms with E-state index in [1.54, 1.807) is 35.2 Å². The Labute approximate surface area is 183 Å². The first-order chi connectivity index (χ1) is 14.9. The van der Waals surface area contributed by atoms with E-state index in [4.69, 9.17) is 20.8 Å². The second-order valence-corrected chi connectivity index (χ2v) is 7.96. The zero-order chi connectivity index (χ0) is 22.0. The summed E-state index contributed by atoms with van der Waals surface area (Å²) in [6.07, 6.45) is 0. The van der Waals surface area contributed by atoms with Crippen molar-refractivity contribution < 1.29 is 18.3 Å². The molecule has 4 rings (SSSR count). The van der Waals surface area contributed by atoms with Gasteiger partial charge in [0.05, 0.1) is 0 Å². The molecule has 6 nitrogen and oxygen atoms in total. The highest BCUT2D eigenvalue weighted by atomic mass is 35.5. The molecule has 1 saturated heterocycles. The van der Waals surface area contributed by atoms with E-state index in [9.17, 15) is 14.0 Å². The number of amides is 1. The van der Waals surface area contributed by atoms with E-state index >= 15 is 0 Å². The fourth-order valence-electron chi connectivity index (χ4n) is 3.69. The third-order valence-corrected chi connectivity index (χ3v) is 5.81. The van der Waals surface area contributed by atoms with Crippen LogP contribution in [0.3, 0.4) is 0 Å². The molecule has 1 aromatic heterocycles. The molecule has 0 atom stereocenters. The fourth-order valence-corrected chi connectivity index (χ4v) is 3.92. The Balaban J connectivity index is 1.31. The molecule has 0 aliphatic carbocycles. The van der Waals surface area contributed by atoms with Crippen LogP contribution in [-0.4, -0.2) is 48.5 Å². The van der Waals surface area contributed by atoms with Gasteiger partial charge in [0.2, 0.25) is 0 Å². The number of benzene rings is 2. The summed E-state index contributed by atoms with van der Waals surface area (Å²) < 4.78 is 24.8. The maximum Gasteiger partial charge on any atom is 0.336 e. The van der Waals surface area contributed by atoms with Crippen LogP contribution in [0.2, 0.25) is 5.02 Å². The van der Waals surface area contributed by atoms with Crippen molar-refractivity contribution in [1.82, 2.24) is 9.80 Å². The van der Waals surface area contributed by atoms with Gasteiger partial charge in [-0.15, -0.1) is 0 Å². The van der Waals surface area contributed by atoms with Crippen molar-refractivity contribution in [2.75, 3.05) is 32.8 Å². The lowest BCUT2D eigenvalue weighted by Gasteiger charge is -2.34. The van der Waals surface area contributed by atoms with Gasteiger partial charge in [-0.25, -0.2) is 9.18 Å². The lowest BCUT2D eigenvalue weighted by Crippen LogP contribution is -2.49. The summed E-state index contributed by atoms with van der Waals surface area (Å²) in [6, 6.07) is 11.3. The van der Waals surface area contributed by atoms with E-state index in [2.05, 4.69) is 4.90 Å². The van der Waals surface area contributed by atoms with Crippen molar-refractivity contribution in [2.24, 2.45) is 0 Å². The molecular weight excluding hydrogens is 423 g/mol. The van der Waals surface area contributed by atoms with Crippen LogP contribution in [0.4, 0.5) is 4.39 Å². The SMILES string of the molecule is Cc1cc(=O)oc2cc(OCC(=O)N3CCN(Cc4c(F)cccc4Cl)CC3)ccc12. The molecule has 1 fully saturated rings. The molecular formula is C23H22ClFN2O4. The van der Waals surface area contributed by atoms with Crippen molar-refractivity contribution in [1.29, 1.82) is 0 Å². The summed E-state index contributed by atoms with van der Waals surface area (Å²) in [5, 5.41) is 1.23. The zero-order valence-electron chi connectivity index (χ0n) is 17.1. The van der Waals surface area contributed by atoms with Crippen LogP contribution < -0.4 is 10.4 Å². The number of carbonyl (C=O) groups is 1. The number of piperazine rings is 1. The average Bonchev–Trinajstić information content (AvgIpc) is 2.75. The summed E-state index contributed by atoms with van der Waals surface area (Å²) >= 11 is 6.11. The minimum Gasteiger partial charge on any atom is -0.484 e. The van der Waals surface area contributed by atoms with Crippen molar-refractivity contribution >= 4 is 28.5 Å². The molecule has 162 valence electrons. The first-order valence-electron chi connectivity index (χ1n) is 10.0. The molecule has 0 spiro atoms. The van der Waals surface area contributed by atoms with E-state index in [-0.39, 0.29) is 18.3 Å². The number of hydrogen-bond acceptors (Lipinski definition) is 5. The first kappa shape index (κ1) is 21.3. The average molecular weight is 445 g/mol. The molecule has 0 N–H and O–H groups in total. The van der Waals surface area contributed by atoms with Gasteiger partial charge in [0.15, 0.2) is 6.61 Å². The molecule has 8 heteroatoms. The monoisotopic (exact) mass is 444 g/mol. The van der Waals surface area contributed by atoms with Crippen LogP contribution in [0.15, 0.2) is 51.7 Å². The van der Waals surface area contributed by atoms with E-state index in [1.807, 2.05) is 6.92 Å². The van der Waals surface area contributed by atoms with Crippen LogP contribution in [0.5, 0.6) is 5.75 Å². The molecule has 31 heavy (non-hydrogen) atoms. The van der Waals surface area contributed by atoms with E-state index in [1.165, 1.54) is 12.1 Å².